The molecular weight excluding hydrogens is 294 g/mol. The Hall–Kier alpha value is -2.69. The maximum absolute atomic E-state index is 11.9. The highest BCUT2D eigenvalue weighted by Crippen LogP contribution is 2.30. The molecule has 2 aromatic rings. The maximum Gasteiger partial charge on any atom is 0.258 e. The number of benzene rings is 2. The summed E-state index contributed by atoms with van der Waals surface area (Å²) < 4.78 is 16.4. The summed E-state index contributed by atoms with van der Waals surface area (Å²) >= 11 is 0. The minimum atomic E-state index is -0.166. The molecule has 2 aromatic carbocycles. The van der Waals surface area contributed by atoms with Gasteiger partial charge in [0.25, 0.3) is 5.91 Å². The molecule has 1 aliphatic heterocycles. The molecule has 0 fully saturated rings. The fraction of sp³-hybridized carbons (Fsp3) is 0.278. The van der Waals surface area contributed by atoms with E-state index in [0.717, 1.165) is 22.6 Å². The van der Waals surface area contributed by atoms with Gasteiger partial charge in [-0.1, -0.05) is 23.8 Å². The second kappa shape index (κ2) is 7.05. The molecule has 0 aliphatic carbocycles. The van der Waals surface area contributed by atoms with E-state index in [4.69, 9.17) is 14.2 Å². The van der Waals surface area contributed by atoms with Crippen LogP contribution in [0.3, 0.4) is 0 Å². The van der Waals surface area contributed by atoms with Crippen molar-refractivity contribution in [1.29, 1.82) is 0 Å². The Labute approximate surface area is 135 Å². The van der Waals surface area contributed by atoms with Crippen LogP contribution in [0.5, 0.6) is 17.2 Å². The van der Waals surface area contributed by atoms with Crippen LogP contribution in [0.25, 0.3) is 0 Å². The third-order valence-corrected chi connectivity index (χ3v) is 3.49. The van der Waals surface area contributed by atoms with Gasteiger partial charge in [0.1, 0.15) is 19.0 Å². The van der Waals surface area contributed by atoms with Crippen LogP contribution in [0.4, 0.5) is 0 Å². The van der Waals surface area contributed by atoms with Crippen LogP contribution in [-0.2, 0) is 11.3 Å². The summed E-state index contributed by atoms with van der Waals surface area (Å²) in [5, 5.41) is 2.83. The van der Waals surface area contributed by atoms with E-state index in [9.17, 15) is 4.79 Å². The number of carbonyl (C=O) groups excluding carboxylic acids is 1. The Morgan fingerprint density at radius 2 is 1.83 bits per heavy atom. The summed E-state index contributed by atoms with van der Waals surface area (Å²) in [6.07, 6.45) is 0. The zero-order chi connectivity index (χ0) is 16.1. The Bertz CT molecular complexity index is 682. The summed E-state index contributed by atoms with van der Waals surface area (Å²) in [5.41, 5.74) is 2.11. The third-order valence-electron chi connectivity index (χ3n) is 3.49. The van der Waals surface area contributed by atoms with Crippen LogP contribution in [0.1, 0.15) is 11.1 Å². The minimum Gasteiger partial charge on any atom is -0.486 e. The molecule has 23 heavy (non-hydrogen) atoms. The Balaban J connectivity index is 1.48. The van der Waals surface area contributed by atoms with Crippen LogP contribution in [0.2, 0.25) is 0 Å². The summed E-state index contributed by atoms with van der Waals surface area (Å²) in [6, 6.07) is 13.3. The lowest BCUT2D eigenvalue weighted by Crippen LogP contribution is -2.28. The van der Waals surface area contributed by atoms with Crippen LogP contribution in [0, 0.1) is 6.92 Å². The number of rotatable bonds is 5. The lowest BCUT2D eigenvalue weighted by Gasteiger charge is -2.19. The first-order chi connectivity index (χ1) is 11.2. The number of hydrogen-bond acceptors (Lipinski definition) is 4. The molecular formula is C18H19NO4. The average molecular weight is 313 g/mol. The van der Waals surface area contributed by atoms with Crippen LogP contribution < -0.4 is 19.5 Å². The first-order valence-electron chi connectivity index (χ1n) is 7.55. The smallest absolute Gasteiger partial charge is 0.258 e. The largest absolute Gasteiger partial charge is 0.486 e. The highest BCUT2D eigenvalue weighted by atomic mass is 16.6. The first kappa shape index (κ1) is 15.2. The number of carbonyl (C=O) groups is 1. The Morgan fingerprint density at radius 1 is 1.09 bits per heavy atom. The van der Waals surface area contributed by atoms with E-state index in [1.54, 1.807) is 0 Å². The number of hydrogen-bond donors (Lipinski definition) is 1. The zero-order valence-electron chi connectivity index (χ0n) is 13.0. The number of amides is 1. The second-order valence-electron chi connectivity index (χ2n) is 5.36. The number of fused-ring (bicyclic) bond motifs is 1. The van der Waals surface area contributed by atoms with Gasteiger partial charge in [0.2, 0.25) is 0 Å². The van der Waals surface area contributed by atoms with E-state index in [1.165, 1.54) is 0 Å². The van der Waals surface area contributed by atoms with Gasteiger partial charge in [-0.2, -0.15) is 0 Å². The fourth-order valence-corrected chi connectivity index (χ4v) is 2.23. The molecule has 5 heteroatoms. The van der Waals surface area contributed by atoms with Crippen LogP contribution >= 0.6 is 0 Å². The SMILES string of the molecule is Cc1ccc(OCC(=O)NCc2ccc3c(c2)OCCO3)cc1. The quantitative estimate of drug-likeness (QED) is 0.921. The molecule has 0 saturated carbocycles. The minimum absolute atomic E-state index is 0.00634. The van der Waals surface area contributed by atoms with E-state index < -0.39 is 0 Å². The Kier molecular flexibility index (Phi) is 4.66. The lowest BCUT2D eigenvalue weighted by atomic mass is 10.2. The van der Waals surface area contributed by atoms with Crippen molar-refractivity contribution >= 4 is 5.91 Å². The van der Waals surface area contributed by atoms with Gasteiger partial charge in [0, 0.05) is 6.54 Å². The lowest BCUT2D eigenvalue weighted by molar-refractivity contribution is -0.123. The van der Waals surface area contributed by atoms with Gasteiger partial charge < -0.3 is 19.5 Å². The van der Waals surface area contributed by atoms with Crippen LogP contribution in [0.15, 0.2) is 42.5 Å². The molecule has 0 aromatic heterocycles. The van der Waals surface area contributed by atoms with Crippen molar-refractivity contribution in [2.45, 2.75) is 13.5 Å². The molecule has 1 amide bonds. The van der Waals surface area contributed by atoms with Crippen molar-refractivity contribution in [2.75, 3.05) is 19.8 Å². The van der Waals surface area contributed by atoms with Crippen molar-refractivity contribution in [3.63, 3.8) is 0 Å². The Morgan fingerprint density at radius 3 is 2.61 bits per heavy atom. The summed E-state index contributed by atoms with van der Waals surface area (Å²) in [7, 11) is 0. The summed E-state index contributed by atoms with van der Waals surface area (Å²) in [4.78, 5) is 11.9. The monoisotopic (exact) mass is 313 g/mol. The molecule has 0 bridgehead atoms. The van der Waals surface area contributed by atoms with E-state index >= 15 is 0 Å². The molecule has 0 radical (unpaired) electrons. The predicted molar refractivity (Wildman–Crippen MR) is 86.0 cm³/mol. The van der Waals surface area contributed by atoms with Gasteiger partial charge in [0.05, 0.1) is 0 Å². The summed E-state index contributed by atoms with van der Waals surface area (Å²) in [5.74, 6) is 1.98. The van der Waals surface area contributed by atoms with Crippen molar-refractivity contribution in [1.82, 2.24) is 5.32 Å². The van der Waals surface area contributed by atoms with Crippen molar-refractivity contribution < 1.29 is 19.0 Å². The molecule has 0 atom stereocenters. The highest BCUT2D eigenvalue weighted by Gasteiger charge is 2.12. The maximum atomic E-state index is 11.9. The molecule has 0 saturated heterocycles. The van der Waals surface area contributed by atoms with E-state index in [-0.39, 0.29) is 12.5 Å². The van der Waals surface area contributed by atoms with Gasteiger partial charge in [-0.3, -0.25) is 4.79 Å². The molecule has 120 valence electrons. The van der Waals surface area contributed by atoms with Gasteiger partial charge in [-0.25, -0.2) is 0 Å². The topological polar surface area (TPSA) is 56.8 Å². The van der Waals surface area contributed by atoms with Crippen molar-refractivity contribution in [3.05, 3.63) is 53.6 Å². The zero-order valence-corrected chi connectivity index (χ0v) is 13.0. The van der Waals surface area contributed by atoms with Crippen molar-refractivity contribution in [3.8, 4) is 17.2 Å². The first-order valence-corrected chi connectivity index (χ1v) is 7.55. The molecule has 3 rings (SSSR count). The standard InChI is InChI=1S/C18H19NO4/c1-13-2-5-15(6-3-13)23-12-18(20)19-11-14-4-7-16-17(10-14)22-9-8-21-16/h2-7,10H,8-9,11-12H2,1H3,(H,19,20). The number of nitrogens with one attached hydrogen (secondary N) is 1. The van der Waals surface area contributed by atoms with Gasteiger partial charge >= 0.3 is 0 Å². The van der Waals surface area contributed by atoms with Crippen LogP contribution in [-0.4, -0.2) is 25.7 Å². The highest BCUT2D eigenvalue weighted by molar-refractivity contribution is 5.77. The fourth-order valence-electron chi connectivity index (χ4n) is 2.23. The molecule has 5 nitrogen and oxygen atoms in total. The third kappa shape index (κ3) is 4.16. The van der Waals surface area contributed by atoms with E-state index in [1.807, 2.05) is 49.4 Å². The predicted octanol–water partition coefficient (Wildman–Crippen LogP) is 2.46. The number of aryl methyl sites for hydroxylation is 1. The molecule has 1 N–H and O–H groups in total. The van der Waals surface area contributed by atoms with Gasteiger partial charge in [-0.05, 0) is 36.8 Å². The van der Waals surface area contributed by atoms with E-state index in [0.29, 0.717) is 25.5 Å². The van der Waals surface area contributed by atoms with E-state index in [2.05, 4.69) is 5.32 Å². The molecule has 0 spiro atoms. The van der Waals surface area contributed by atoms with Gasteiger partial charge in [-0.15, -0.1) is 0 Å². The normalized spacial score (nSPS) is 12.6. The second-order valence-corrected chi connectivity index (χ2v) is 5.36. The molecule has 0 unspecified atom stereocenters. The van der Waals surface area contributed by atoms with Crippen molar-refractivity contribution in [2.24, 2.45) is 0 Å². The molecule has 1 aliphatic rings. The molecule has 1 heterocycles. The number of ether oxygens (including phenoxy) is 3. The van der Waals surface area contributed by atoms with Gasteiger partial charge in [0.15, 0.2) is 18.1 Å². The summed E-state index contributed by atoms with van der Waals surface area (Å²) in [6.45, 7) is 3.54. The average Bonchev–Trinajstić information content (AvgIpc) is 2.59.